The summed E-state index contributed by atoms with van der Waals surface area (Å²) in [7, 11) is 0. The fraction of sp³-hybridized carbons (Fsp3) is 0.500. The van der Waals surface area contributed by atoms with Crippen LogP contribution in [-0.4, -0.2) is 24.5 Å². The van der Waals surface area contributed by atoms with Gasteiger partial charge in [-0.05, 0) is 30.9 Å². The van der Waals surface area contributed by atoms with Gasteiger partial charge < -0.3 is 4.74 Å². The number of alkyl halides is 3. The quantitative estimate of drug-likeness (QED) is 0.571. The highest BCUT2D eigenvalue weighted by atomic mass is 19.4. The van der Waals surface area contributed by atoms with Crippen molar-refractivity contribution in [2.75, 3.05) is 6.61 Å². The molecule has 0 spiro atoms. The van der Waals surface area contributed by atoms with Crippen LogP contribution in [0.5, 0.6) is 0 Å². The van der Waals surface area contributed by atoms with Crippen LogP contribution in [0, 0.1) is 5.92 Å². The average Bonchev–Trinajstić information content (AvgIpc) is 2.45. The van der Waals surface area contributed by atoms with E-state index in [-0.39, 0.29) is 13.0 Å². The number of hydrogen-bond donors (Lipinski definition) is 0. The Morgan fingerprint density at radius 1 is 1.09 bits per heavy atom. The molecule has 6 heteroatoms. The minimum Gasteiger partial charge on any atom is -0.465 e. The van der Waals surface area contributed by atoms with Crippen molar-refractivity contribution in [1.82, 2.24) is 0 Å². The smallest absolute Gasteiger partial charge is 0.450 e. The van der Waals surface area contributed by atoms with Crippen LogP contribution >= 0.6 is 0 Å². The molecular weight excluding hydrogens is 297 g/mol. The normalized spacial score (nSPS) is 12.8. The van der Waals surface area contributed by atoms with Crippen LogP contribution in [-0.2, 0) is 27.2 Å². The van der Waals surface area contributed by atoms with Crippen molar-refractivity contribution in [3.8, 4) is 0 Å². The first kappa shape index (κ1) is 18.2. The van der Waals surface area contributed by atoms with Crippen LogP contribution in [0.3, 0.4) is 0 Å². The third kappa shape index (κ3) is 5.16. The van der Waals surface area contributed by atoms with E-state index in [1.54, 1.807) is 24.3 Å². The number of halogens is 3. The second-order valence-corrected chi connectivity index (χ2v) is 4.94. The Kier molecular flexibility index (Phi) is 6.59. The molecule has 0 radical (unpaired) electrons. The van der Waals surface area contributed by atoms with Gasteiger partial charge in [0, 0.05) is 0 Å². The largest absolute Gasteiger partial charge is 0.465 e. The lowest BCUT2D eigenvalue weighted by Gasteiger charge is -2.16. The summed E-state index contributed by atoms with van der Waals surface area (Å²) in [5.41, 5.74) is 1.55. The molecule has 0 aliphatic carbocycles. The van der Waals surface area contributed by atoms with Gasteiger partial charge in [-0.1, -0.05) is 37.6 Å². The highest BCUT2D eigenvalue weighted by Gasteiger charge is 2.46. The standard InChI is InChI=1S/C16H19F3O3/c1-3-5-11-6-8-12(9-7-11)10-13(15(21)22-4-2)14(20)16(17,18)19/h6-9,13H,3-5,10H2,1-2H3. The Morgan fingerprint density at radius 3 is 2.09 bits per heavy atom. The predicted molar refractivity (Wildman–Crippen MR) is 75.3 cm³/mol. The zero-order chi connectivity index (χ0) is 16.8. The van der Waals surface area contributed by atoms with Crippen LogP contribution in [0.25, 0.3) is 0 Å². The summed E-state index contributed by atoms with van der Waals surface area (Å²) >= 11 is 0. The number of ketones is 1. The molecule has 1 aromatic carbocycles. The van der Waals surface area contributed by atoms with Gasteiger partial charge >= 0.3 is 12.1 Å². The van der Waals surface area contributed by atoms with Gasteiger partial charge in [-0.2, -0.15) is 13.2 Å². The van der Waals surface area contributed by atoms with E-state index >= 15 is 0 Å². The molecule has 1 aromatic rings. The number of aryl methyl sites for hydroxylation is 1. The molecule has 0 saturated carbocycles. The molecule has 122 valence electrons. The van der Waals surface area contributed by atoms with Crippen LogP contribution < -0.4 is 0 Å². The van der Waals surface area contributed by atoms with Gasteiger partial charge in [0.05, 0.1) is 6.61 Å². The van der Waals surface area contributed by atoms with Crippen LogP contribution in [0.1, 0.15) is 31.4 Å². The first-order valence-corrected chi connectivity index (χ1v) is 7.15. The van der Waals surface area contributed by atoms with Gasteiger partial charge in [-0.3, -0.25) is 9.59 Å². The van der Waals surface area contributed by atoms with Gasteiger partial charge in [0.15, 0.2) is 0 Å². The fourth-order valence-electron chi connectivity index (χ4n) is 2.09. The van der Waals surface area contributed by atoms with E-state index < -0.39 is 23.8 Å². The van der Waals surface area contributed by atoms with Crippen molar-refractivity contribution in [2.24, 2.45) is 5.92 Å². The van der Waals surface area contributed by atoms with E-state index in [1.165, 1.54) is 6.92 Å². The summed E-state index contributed by atoms with van der Waals surface area (Å²) in [6, 6.07) is 6.86. The third-order valence-corrected chi connectivity index (χ3v) is 3.17. The van der Waals surface area contributed by atoms with Gasteiger partial charge in [0.25, 0.3) is 5.78 Å². The van der Waals surface area contributed by atoms with Crippen molar-refractivity contribution in [2.45, 2.75) is 39.3 Å². The number of ether oxygens (including phenoxy) is 1. The number of carbonyl (C=O) groups excluding carboxylic acids is 2. The molecule has 0 amide bonds. The molecular formula is C16H19F3O3. The van der Waals surface area contributed by atoms with Crippen LogP contribution in [0.4, 0.5) is 13.2 Å². The topological polar surface area (TPSA) is 43.4 Å². The number of esters is 1. The molecule has 1 atom stereocenters. The monoisotopic (exact) mass is 316 g/mol. The molecule has 0 aliphatic rings. The van der Waals surface area contributed by atoms with Crippen molar-refractivity contribution in [3.63, 3.8) is 0 Å². The minimum atomic E-state index is -5.06. The highest BCUT2D eigenvalue weighted by molar-refractivity contribution is 6.02. The zero-order valence-corrected chi connectivity index (χ0v) is 12.6. The van der Waals surface area contributed by atoms with Crippen molar-refractivity contribution in [3.05, 3.63) is 35.4 Å². The third-order valence-electron chi connectivity index (χ3n) is 3.17. The number of benzene rings is 1. The van der Waals surface area contributed by atoms with E-state index in [0.717, 1.165) is 18.4 Å². The van der Waals surface area contributed by atoms with Crippen molar-refractivity contribution in [1.29, 1.82) is 0 Å². The molecule has 0 N–H and O–H groups in total. The number of hydrogen-bond acceptors (Lipinski definition) is 3. The predicted octanol–water partition coefficient (Wildman–Crippen LogP) is 3.49. The summed E-state index contributed by atoms with van der Waals surface area (Å²) in [6.07, 6.45) is -3.55. The van der Waals surface area contributed by atoms with E-state index in [0.29, 0.717) is 5.56 Å². The van der Waals surface area contributed by atoms with Crippen molar-refractivity contribution < 1.29 is 27.5 Å². The van der Waals surface area contributed by atoms with Gasteiger partial charge in [0.2, 0.25) is 0 Å². The highest BCUT2D eigenvalue weighted by Crippen LogP contribution is 2.24. The Labute approximate surface area is 127 Å². The van der Waals surface area contributed by atoms with Crippen LogP contribution in [0.15, 0.2) is 24.3 Å². The lowest BCUT2D eigenvalue weighted by Crippen LogP contribution is -2.37. The molecule has 3 nitrogen and oxygen atoms in total. The van der Waals surface area contributed by atoms with Crippen molar-refractivity contribution >= 4 is 11.8 Å². The van der Waals surface area contributed by atoms with E-state index in [9.17, 15) is 22.8 Å². The number of carbonyl (C=O) groups is 2. The molecule has 22 heavy (non-hydrogen) atoms. The first-order valence-electron chi connectivity index (χ1n) is 7.15. The van der Waals surface area contributed by atoms with Gasteiger partial charge in [0.1, 0.15) is 5.92 Å². The molecule has 0 fully saturated rings. The average molecular weight is 316 g/mol. The second-order valence-electron chi connectivity index (χ2n) is 4.94. The molecule has 0 heterocycles. The molecule has 0 aromatic heterocycles. The summed E-state index contributed by atoms with van der Waals surface area (Å²) in [4.78, 5) is 23.1. The Morgan fingerprint density at radius 2 is 1.64 bits per heavy atom. The number of Topliss-reactive ketones (excluding diaryl/α,β-unsaturated/α-hetero) is 1. The molecule has 0 saturated heterocycles. The van der Waals surface area contributed by atoms with Gasteiger partial charge in [-0.25, -0.2) is 0 Å². The lowest BCUT2D eigenvalue weighted by molar-refractivity contribution is -0.180. The van der Waals surface area contributed by atoms with E-state index in [4.69, 9.17) is 0 Å². The molecule has 1 unspecified atom stereocenters. The summed E-state index contributed by atoms with van der Waals surface area (Å²) < 4.78 is 42.4. The fourth-order valence-corrected chi connectivity index (χ4v) is 2.09. The lowest BCUT2D eigenvalue weighted by atomic mass is 9.94. The van der Waals surface area contributed by atoms with E-state index in [1.807, 2.05) is 6.92 Å². The maximum absolute atomic E-state index is 12.6. The maximum Gasteiger partial charge on any atom is 0.450 e. The van der Waals surface area contributed by atoms with E-state index in [2.05, 4.69) is 4.74 Å². The molecule has 0 aliphatic heterocycles. The van der Waals surface area contributed by atoms with Gasteiger partial charge in [-0.15, -0.1) is 0 Å². The summed E-state index contributed by atoms with van der Waals surface area (Å²) in [5, 5.41) is 0. The minimum absolute atomic E-state index is 0.0735. The Hall–Kier alpha value is -1.85. The van der Waals surface area contributed by atoms with Crippen LogP contribution in [0.2, 0.25) is 0 Å². The Bertz CT molecular complexity index is 506. The SMILES string of the molecule is CCCc1ccc(CC(C(=O)OCC)C(=O)C(F)(F)F)cc1. The maximum atomic E-state index is 12.6. The first-order chi connectivity index (χ1) is 10.3. The number of rotatable bonds is 7. The Balaban J connectivity index is 2.92. The zero-order valence-electron chi connectivity index (χ0n) is 12.6. The second kappa shape index (κ2) is 7.96. The molecule has 1 rings (SSSR count). The summed E-state index contributed by atoms with van der Waals surface area (Å²) in [6.45, 7) is 3.43. The molecule has 0 bridgehead atoms. The summed E-state index contributed by atoms with van der Waals surface area (Å²) in [5.74, 6) is -5.05.